The van der Waals surface area contributed by atoms with Crippen LogP contribution in [0.5, 0.6) is 5.75 Å². The summed E-state index contributed by atoms with van der Waals surface area (Å²) in [6.07, 6.45) is -0.379. The molecule has 13 nitrogen and oxygen atoms in total. The van der Waals surface area contributed by atoms with Crippen LogP contribution in [-0.2, 0) is 39.9 Å². The number of benzene rings is 1. The van der Waals surface area contributed by atoms with E-state index >= 15 is 0 Å². The van der Waals surface area contributed by atoms with Crippen molar-refractivity contribution in [3.63, 3.8) is 0 Å². The van der Waals surface area contributed by atoms with Gasteiger partial charge in [-0.1, -0.05) is 26.0 Å². The van der Waals surface area contributed by atoms with Gasteiger partial charge in [0.2, 0.25) is 23.6 Å². The fourth-order valence-electron chi connectivity index (χ4n) is 3.57. The van der Waals surface area contributed by atoms with Crippen LogP contribution >= 0.6 is 0 Å². The number of carbonyl (C=O) groups excluding carboxylic acids is 4. The van der Waals surface area contributed by atoms with E-state index in [0.29, 0.717) is 18.8 Å². The minimum atomic E-state index is -1.39. The number of hydrogen-bond acceptors (Lipinski definition) is 8. The topological polar surface area (TPSA) is 192 Å². The smallest absolute Gasteiger partial charge is 0.305 e. The molecule has 3 atom stereocenters. The Morgan fingerprint density at radius 2 is 1.46 bits per heavy atom. The van der Waals surface area contributed by atoms with Gasteiger partial charge in [-0.3, -0.25) is 24.0 Å². The number of rotatable bonds is 18. The number of aliphatic carboxylic acids is 1. The Hall–Kier alpha value is -3.71. The highest BCUT2D eigenvalue weighted by atomic mass is 16.5. The lowest BCUT2D eigenvalue weighted by molar-refractivity contribution is -0.141. The van der Waals surface area contributed by atoms with E-state index in [0.717, 1.165) is 0 Å². The van der Waals surface area contributed by atoms with Crippen molar-refractivity contribution in [2.75, 3.05) is 33.5 Å². The number of carboxylic acids is 1. The van der Waals surface area contributed by atoms with Gasteiger partial charge in [0.25, 0.3) is 0 Å². The molecule has 6 N–H and O–H groups in total. The Morgan fingerprint density at radius 1 is 0.846 bits per heavy atom. The van der Waals surface area contributed by atoms with Crippen molar-refractivity contribution in [1.29, 1.82) is 0 Å². The molecule has 0 heterocycles. The van der Waals surface area contributed by atoms with Gasteiger partial charge in [0, 0.05) is 27.0 Å². The molecule has 0 aliphatic heterocycles. The van der Waals surface area contributed by atoms with E-state index in [2.05, 4.69) is 21.3 Å². The third-order valence-electron chi connectivity index (χ3n) is 5.40. The average Bonchev–Trinajstić information content (AvgIpc) is 2.85. The molecule has 39 heavy (non-hydrogen) atoms. The third-order valence-corrected chi connectivity index (χ3v) is 5.40. The summed E-state index contributed by atoms with van der Waals surface area (Å²) in [7, 11) is 1.52. The molecule has 0 radical (unpaired) electrons. The number of ether oxygens (including phenoxy) is 2. The van der Waals surface area contributed by atoms with Crippen LogP contribution in [0.3, 0.4) is 0 Å². The van der Waals surface area contributed by atoms with Crippen LogP contribution < -0.4 is 21.3 Å². The lowest BCUT2D eigenvalue weighted by Gasteiger charge is -2.26. The van der Waals surface area contributed by atoms with Crippen LogP contribution in [0.15, 0.2) is 24.3 Å². The molecule has 218 valence electrons. The minimum absolute atomic E-state index is 0.0477. The fraction of sp³-hybridized carbons (Fsp3) is 0.577. The molecular formula is C26H40N4O9. The van der Waals surface area contributed by atoms with Crippen LogP contribution in [0.2, 0.25) is 0 Å². The molecular weight excluding hydrogens is 512 g/mol. The SMILES string of the molecule is COCCOCCNC(=O)[C@H](CC(=O)O)NC(=O)[C@H](CC(C)C)NC(=O)[C@H](Cc1ccc(O)cc1)NC(C)=O. The van der Waals surface area contributed by atoms with Gasteiger partial charge in [0.15, 0.2) is 0 Å². The molecule has 0 saturated heterocycles. The largest absolute Gasteiger partial charge is 0.508 e. The third kappa shape index (κ3) is 14.1. The Kier molecular flexibility index (Phi) is 15.2. The molecule has 0 aliphatic carbocycles. The predicted octanol–water partition coefficient (Wildman–Crippen LogP) is -0.291. The van der Waals surface area contributed by atoms with Gasteiger partial charge in [0.1, 0.15) is 23.9 Å². The molecule has 0 aliphatic rings. The number of hydrogen-bond donors (Lipinski definition) is 6. The standard InChI is InChI=1S/C26H40N4O9/c1-16(2)13-20(29-26(37)21(28-17(3)31)14-18-5-7-19(32)8-6-18)25(36)30-22(15-23(33)34)24(35)27-9-10-39-12-11-38-4/h5-8,16,20-22,32H,9-15H2,1-4H3,(H,27,35)(H,28,31)(H,29,37)(H,30,36)(H,33,34)/t20-,21-,22-/m0/s1. The van der Waals surface area contributed by atoms with Crippen LogP contribution in [-0.4, -0.2) is 91.4 Å². The molecule has 0 bridgehead atoms. The van der Waals surface area contributed by atoms with E-state index in [1.165, 1.54) is 26.2 Å². The molecule has 0 unspecified atom stereocenters. The first-order valence-electron chi connectivity index (χ1n) is 12.6. The highest BCUT2D eigenvalue weighted by Crippen LogP contribution is 2.12. The molecule has 13 heteroatoms. The zero-order valence-corrected chi connectivity index (χ0v) is 22.8. The number of aromatic hydroxyl groups is 1. The van der Waals surface area contributed by atoms with Crippen molar-refractivity contribution in [2.45, 2.75) is 58.2 Å². The number of methoxy groups -OCH3 is 1. The number of phenols is 1. The Balaban J connectivity index is 2.94. The molecule has 1 rings (SSSR count). The van der Waals surface area contributed by atoms with Crippen molar-refractivity contribution >= 4 is 29.6 Å². The number of amides is 4. The van der Waals surface area contributed by atoms with Gasteiger partial charge >= 0.3 is 5.97 Å². The summed E-state index contributed by atoms with van der Waals surface area (Å²) < 4.78 is 10.1. The van der Waals surface area contributed by atoms with Crippen LogP contribution in [0, 0.1) is 5.92 Å². The highest BCUT2D eigenvalue weighted by Gasteiger charge is 2.31. The maximum Gasteiger partial charge on any atom is 0.305 e. The first-order chi connectivity index (χ1) is 18.4. The van der Waals surface area contributed by atoms with E-state index in [1.54, 1.807) is 12.1 Å². The second-order valence-corrected chi connectivity index (χ2v) is 9.37. The summed E-state index contributed by atoms with van der Waals surface area (Å²) in [6, 6.07) is 2.60. The second-order valence-electron chi connectivity index (χ2n) is 9.37. The quantitative estimate of drug-likeness (QED) is 0.133. The van der Waals surface area contributed by atoms with E-state index in [-0.39, 0.29) is 37.7 Å². The molecule has 1 aromatic carbocycles. The van der Waals surface area contributed by atoms with Gasteiger partial charge in [-0.2, -0.15) is 0 Å². The second kappa shape index (κ2) is 17.7. The Labute approximate surface area is 228 Å². The van der Waals surface area contributed by atoms with E-state index in [1.807, 2.05) is 13.8 Å². The zero-order valence-electron chi connectivity index (χ0n) is 22.8. The zero-order chi connectivity index (χ0) is 29.4. The first-order valence-corrected chi connectivity index (χ1v) is 12.6. The number of phenolic OH excluding ortho intramolecular Hbond substituents is 1. The van der Waals surface area contributed by atoms with E-state index in [9.17, 15) is 34.2 Å². The molecule has 1 aromatic rings. The highest BCUT2D eigenvalue weighted by molar-refractivity contribution is 5.95. The maximum atomic E-state index is 13.1. The normalized spacial score (nSPS) is 13.2. The van der Waals surface area contributed by atoms with E-state index in [4.69, 9.17) is 9.47 Å². The molecule has 0 spiro atoms. The number of carbonyl (C=O) groups is 5. The van der Waals surface area contributed by atoms with Crippen LogP contribution in [0.4, 0.5) is 0 Å². The summed E-state index contributed by atoms with van der Waals surface area (Å²) in [6.45, 7) is 5.89. The van der Waals surface area contributed by atoms with Crippen molar-refractivity contribution in [2.24, 2.45) is 5.92 Å². The minimum Gasteiger partial charge on any atom is -0.508 e. The number of nitrogens with one attached hydrogen (secondary N) is 4. The van der Waals surface area contributed by atoms with Gasteiger partial charge in [0.05, 0.1) is 26.2 Å². The predicted molar refractivity (Wildman–Crippen MR) is 141 cm³/mol. The van der Waals surface area contributed by atoms with Crippen LogP contribution in [0.25, 0.3) is 0 Å². The lowest BCUT2D eigenvalue weighted by Crippen LogP contribution is -2.57. The van der Waals surface area contributed by atoms with Gasteiger partial charge < -0.3 is 41.0 Å². The monoisotopic (exact) mass is 552 g/mol. The van der Waals surface area contributed by atoms with Gasteiger partial charge in [-0.25, -0.2) is 0 Å². The molecule has 0 saturated carbocycles. The average molecular weight is 553 g/mol. The fourth-order valence-corrected chi connectivity index (χ4v) is 3.57. The van der Waals surface area contributed by atoms with Gasteiger partial charge in [-0.15, -0.1) is 0 Å². The summed E-state index contributed by atoms with van der Waals surface area (Å²) in [5.41, 5.74) is 0.663. The lowest BCUT2D eigenvalue weighted by atomic mass is 10.0. The van der Waals surface area contributed by atoms with E-state index < -0.39 is 54.1 Å². The summed E-state index contributed by atoms with van der Waals surface area (Å²) >= 11 is 0. The molecule has 4 amide bonds. The summed E-state index contributed by atoms with van der Waals surface area (Å²) in [5.74, 6) is -3.83. The van der Waals surface area contributed by atoms with Crippen molar-refractivity contribution < 1.29 is 43.7 Å². The van der Waals surface area contributed by atoms with Crippen molar-refractivity contribution in [1.82, 2.24) is 21.3 Å². The van der Waals surface area contributed by atoms with Crippen molar-refractivity contribution in [3.8, 4) is 5.75 Å². The summed E-state index contributed by atoms with van der Waals surface area (Å²) in [4.78, 5) is 62.0. The number of carboxylic acid groups (broad SMARTS) is 1. The first kappa shape index (κ1) is 33.3. The molecule has 0 fully saturated rings. The molecule has 0 aromatic heterocycles. The van der Waals surface area contributed by atoms with Gasteiger partial charge in [-0.05, 0) is 30.0 Å². The Morgan fingerprint density at radius 3 is 2.03 bits per heavy atom. The summed E-state index contributed by atoms with van der Waals surface area (Å²) in [5, 5.41) is 28.9. The maximum absolute atomic E-state index is 13.1. The van der Waals surface area contributed by atoms with Crippen LogP contribution in [0.1, 0.15) is 39.2 Å². The Bertz CT molecular complexity index is 953. The van der Waals surface area contributed by atoms with Crippen molar-refractivity contribution in [3.05, 3.63) is 29.8 Å².